The van der Waals surface area contributed by atoms with Gasteiger partial charge in [0, 0.05) is 14.1 Å². The first-order valence-corrected chi connectivity index (χ1v) is 10.1. The van der Waals surface area contributed by atoms with Crippen LogP contribution in [0, 0.1) is 11.5 Å². The van der Waals surface area contributed by atoms with Crippen molar-refractivity contribution in [1.29, 1.82) is 5.26 Å². The van der Waals surface area contributed by atoms with Crippen LogP contribution in [0.5, 0.6) is 5.75 Å². The van der Waals surface area contributed by atoms with Crippen LogP contribution in [0.1, 0.15) is 12.5 Å². The molecule has 0 amide bonds. The Morgan fingerprint density at radius 1 is 1.29 bits per heavy atom. The van der Waals surface area contributed by atoms with Gasteiger partial charge in [-0.05, 0) is 30.2 Å². The summed E-state index contributed by atoms with van der Waals surface area (Å²) in [5.41, 5.74) is 1.61. The van der Waals surface area contributed by atoms with E-state index in [1.807, 2.05) is 25.1 Å². The highest BCUT2D eigenvalue weighted by Crippen LogP contribution is 2.38. The van der Waals surface area contributed by atoms with Crippen LogP contribution in [0.4, 0.5) is 11.4 Å². The average Bonchev–Trinajstić information content (AvgIpc) is 2.64. The van der Waals surface area contributed by atoms with Gasteiger partial charge in [0.15, 0.2) is 11.9 Å². The summed E-state index contributed by atoms with van der Waals surface area (Å²) in [4.78, 5) is 3.94. The van der Waals surface area contributed by atoms with Crippen LogP contribution < -0.4 is 10.6 Å². The number of hydrogen-bond donors (Lipinski definition) is 3. The van der Waals surface area contributed by atoms with Crippen LogP contribution in [0.2, 0.25) is 5.02 Å². The molecule has 2 rings (SSSR count). The Bertz CT molecular complexity index is 1050. The van der Waals surface area contributed by atoms with Gasteiger partial charge in [-0.3, -0.25) is 5.32 Å². The van der Waals surface area contributed by atoms with Crippen molar-refractivity contribution in [1.82, 2.24) is 9.62 Å². The lowest BCUT2D eigenvalue weighted by molar-refractivity contribution is 0.455. The number of aryl methyl sites for hydroxylation is 1. The van der Waals surface area contributed by atoms with E-state index in [0.29, 0.717) is 5.69 Å². The molecule has 148 valence electrons. The molecule has 2 aromatic carbocycles. The Hall–Kier alpha value is -2.80. The van der Waals surface area contributed by atoms with Gasteiger partial charge < -0.3 is 10.4 Å². The molecule has 0 aliphatic rings. The Balaban J connectivity index is 2.53. The molecule has 8 nitrogen and oxygen atoms in total. The standard InChI is InChI=1S/C18H20ClN5O3S/c1-4-12-7-5-6-8-14(12)22-18(21-11-20)23-15-10-9-13(19)17(16(15)25)28(26,27)24(2)3/h5-10,25H,4H2,1-3H3,(H2,21,22,23). The number of guanidine groups is 1. The quantitative estimate of drug-likeness (QED) is 0.224. The number of para-hydroxylation sites is 1. The third-order valence-electron chi connectivity index (χ3n) is 3.85. The van der Waals surface area contributed by atoms with E-state index in [0.717, 1.165) is 16.3 Å². The fourth-order valence-corrected chi connectivity index (χ4v) is 3.86. The van der Waals surface area contributed by atoms with Crippen LogP contribution in [-0.4, -0.2) is 37.9 Å². The summed E-state index contributed by atoms with van der Waals surface area (Å²) in [5, 5.41) is 24.6. The number of phenolic OH excluding ortho intramolecular Hbond substituents is 1. The number of nitrogens with zero attached hydrogens (tertiary/aromatic N) is 3. The van der Waals surface area contributed by atoms with Crippen LogP contribution in [0.25, 0.3) is 0 Å². The molecule has 0 radical (unpaired) electrons. The SMILES string of the molecule is CCc1ccccc1N=C(NC#N)Nc1ccc(Cl)c(S(=O)(=O)N(C)C)c1O. The number of benzene rings is 2. The van der Waals surface area contributed by atoms with Gasteiger partial charge in [0.1, 0.15) is 4.90 Å². The van der Waals surface area contributed by atoms with Gasteiger partial charge in [0.2, 0.25) is 16.0 Å². The zero-order valence-electron chi connectivity index (χ0n) is 15.6. The molecular weight excluding hydrogens is 402 g/mol. The molecule has 0 fully saturated rings. The zero-order chi connectivity index (χ0) is 20.9. The molecule has 0 saturated carbocycles. The van der Waals surface area contributed by atoms with Gasteiger partial charge in [0.25, 0.3) is 0 Å². The lowest BCUT2D eigenvalue weighted by atomic mass is 10.1. The minimum atomic E-state index is -3.99. The fourth-order valence-electron chi connectivity index (χ4n) is 2.38. The molecule has 0 heterocycles. The van der Waals surface area contributed by atoms with Crippen LogP contribution in [0.3, 0.4) is 0 Å². The van der Waals surface area contributed by atoms with Gasteiger partial charge >= 0.3 is 0 Å². The van der Waals surface area contributed by atoms with E-state index in [9.17, 15) is 13.5 Å². The second-order valence-electron chi connectivity index (χ2n) is 5.86. The highest BCUT2D eigenvalue weighted by atomic mass is 35.5. The van der Waals surface area contributed by atoms with Crippen LogP contribution in [-0.2, 0) is 16.4 Å². The molecule has 2 aromatic rings. The molecule has 10 heteroatoms. The molecule has 28 heavy (non-hydrogen) atoms. The zero-order valence-corrected chi connectivity index (χ0v) is 17.1. The third kappa shape index (κ3) is 4.54. The van der Waals surface area contributed by atoms with Crippen LogP contribution in [0.15, 0.2) is 46.3 Å². The third-order valence-corrected chi connectivity index (χ3v) is 6.17. The topological polar surface area (TPSA) is 118 Å². The van der Waals surface area contributed by atoms with E-state index < -0.39 is 20.7 Å². The molecule has 0 aromatic heterocycles. The van der Waals surface area contributed by atoms with Crippen molar-refractivity contribution in [3.63, 3.8) is 0 Å². The monoisotopic (exact) mass is 421 g/mol. The summed E-state index contributed by atoms with van der Waals surface area (Å²) >= 11 is 6.01. The molecule has 0 aliphatic carbocycles. The molecule has 0 bridgehead atoms. The largest absolute Gasteiger partial charge is 0.504 e. The van der Waals surface area contributed by atoms with E-state index in [1.54, 1.807) is 12.3 Å². The first kappa shape index (κ1) is 21.5. The highest BCUT2D eigenvalue weighted by Gasteiger charge is 2.27. The first-order valence-electron chi connectivity index (χ1n) is 8.25. The summed E-state index contributed by atoms with van der Waals surface area (Å²) in [6, 6.07) is 10.1. The molecule has 3 N–H and O–H groups in total. The second kappa shape index (κ2) is 8.93. The van der Waals surface area contributed by atoms with E-state index in [2.05, 4.69) is 15.6 Å². The van der Waals surface area contributed by atoms with Gasteiger partial charge in [-0.1, -0.05) is 36.7 Å². The Labute approximate surface area is 169 Å². The minimum Gasteiger partial charge on any atom is -0.504 e. The predicted octanol–water partition coefficient (Wildman–Crippen LogP) is 3.03. The Morgan fingerprint density at radius 3 is 2.57 bits per heavy atom. The highest BCUT2D eigenvalue weighted by molar-refractivity contribution is 7.89. The number of phenols is 1. The molecule has 0 saturated heterocycles. The summed E-state index contributed by atoms with van der Waals surface area (Å²) in [6.07, 6.45) is 2.50. The Morgan fingerprint density at radius 2 is 1.96 bits per heavy atom. The van der Waals surface area contributed by atoms with Crippen molar-refractivity contribution in [2.45, 2.75) is 18.2 Å². The summed E-state index contributed by atoms with van der Waals surface area (Å²) in [5.74, 6) is -0.549. The number of halogens is 1. The van der Waals surface area contributed by atoms with Crippen LogP contribution >= 0.6 is 11.6 Å². The van der Waals surface area contributed by atoms with Crippen molar-refractivity contribution in [2.75, 3.05) is 19.4 Å². The van der Waals surface area contributed by atoms with Crippen molar-refractivity contribution < 1.29 is 13.5 Å². The number of aliphatic imine (C=N–C) groups is 1. The Kier molecular flexibility index (Phi) is 6.85. The van der Waals surface area contributed by atoms with Gasteiger partial charge in [-0.2, -0.15) is 5.26 Å². The molecule has 0 spiro atoms. The van der Waals surface area contributed by atoms with E-state index in [-0.39, 0.29) is 16.7 Å². The lowest BCUT2D eigenvalue weighted by Crippen LogP contribution is -2.27. The van der Waals surface area contributed by atoms with Gasteiger partial charge in [-0.15, -0.1) is 0 Å². The van der Waals surface area contributed by atoms with Crippen molar-refractivity contribution in [3.05, 3.63) is 47.0 Å². The van der Waals surface area contributed by atoms with Gasteiger partial charge in [0.05, 0.1) is 16.4 Å². The summed E-state index contributed by atoms with van der Waals surface area (Å²) in [7, 11) is -1.33. The van der Waals surface area contributed by atoms with Gasteiger partial charge in [-0.25, -0.2) is 17.7 Å². The number of anilines is 1. The summed E-state index contributed by atoms with van der Waals surface area (Å²) < 4.78 is 25.9. The predicted molar refractivity (Wildman–Crippen MR) is 109 cm³/mol. The normalized spacial score (nSPS) is 11.9. The number of rotatable bonds is 5. The van der Waals surface area contributed by atoms with Crippen molar-refractivity contribution in [2.24, 2.45) is 4.99 Å². The van der Waals surface area contributed by atoms with E-state index in [1.165, 1.54) is 26.2 Å². The maximum atomic E-state index is 12.5. The molecule has 0 aliphatic heterocycles. The maximum absolute atomic E-state index is 12.5. The first-order chi connectivity index (χ1) is 13.2. The molecule has 0 unspecified atom stereocenters. The molecular formula is C18H20ClN5O3S. The average molecular weight is 422 g/mol. The minimum absolute atomic E-state index is 0.0224. The van der Waals surface area contributed by atoms with E-state index >= 15 is 0 Å². The smallest absolute Gasteiger partial charge is 0.247 e. The maximum Gasteiger partial charge on any atom is 0.247 e. The summed E-state index contributed by atoms with van der Waals surface area (Å²) in [6.45, 7) is 1.97. The van der Waals surface area contributed by atoms with Crippen molar-refractivity contribution in [3.8, 4) is 11.9 Å². The van der Waals surface area contributed by atoms with E-state index in [4.69, 9.17) is 16.9 Å². The number of nitriles is 1. The second-order valence-corrected chi connectivity index (χ2v) is 8.36. The number of aromatic hydroxyl groups is 1. The number of sulfonamides is 1. The lowest BCUT2D eigenvalue weighted by Gasteiger charge is -2.17. The fraction of sp³-hybridized carbons (Fsp3) is 0.222. The number of nitrogens with one attached hydrogen (secondary N) is 2. The van der Waals surface area contributed by atoms with Crippen molar-refractivity contribution >= 4 is 39.0 Å². The molecule has 0 atom stereocenters. The number of hydrogen-bond acceptors (Lipinski definition) is 5.